The Bertz CT molecular complexity index is 615. The van der Waals surface area contributed by atoms with Crippen LogP contribution in [-0.4, -0.2) is 44.5 Å². The molecule has 1 aliphatic heterocycles. The van der Waals surface area contributed by atoms with Crippen LogP contribution in [0, 0.1) is 13.8 Å². The minimum Gasteiger partial charge on any atom is -0.315 e. The first-order valence-corrected chi connectivity index (χ1v) is 6.32. The number of aromatic nitrogens is 2. The summed E-state index contributed by atoms with van der Waals surface area (Å²) in [4.78, 5) is 37.4. The molecular weight excluding hydrogens is 260 g/mol. The number of nitrogens with one attached hydrogen (secondary N) is 1. The third-order valence-corrected chi connectivity index (χ3v) is 3.75. The van der Waals surface area contributed by atoms with Gasteiger partial charge in [0.1, 0.15) is 12.1 Å². The van der Waals surface area contributed by atoms with E-state index < -0.39 is 17.4 Å². The van der Waals surface area contributed by atoms with Crippen LogP contribution in [0.2, 0.25) is 0 Å². The Morgan fingerprint density at radius 2 is 1.90 bits per heavy atom. The number of rotatable bonds is 1. The molecule has 1 N–H and O–H groups in total. The lowest BCUT2D eigenvalue weighted by atomic mass is 9.97. The lowest BCUT2D eigenvalue weighted by molar-refractivity contribution is -0.143. The maximum absolute atomic E-state index is 12.7. The SMILES string of the molecule is Cc1nn(C)c(C)c1C(=O)N1CC(=O)NC(=O)C1(C)C. The van der Waals surface area contributed by atoms with Gasteiger partial charge in [-0.15, -0.1) is 0 Å². The van der Waals surface area contributed by atoms with Crippen LogP contribution >= 0.6 is 0 Å². The van der Waals surface area contributed by atoms with Crippen LogP contribution in [0.25, 0.3) is 0 Å². The van der Waals surface area contributed by atoms with E-state index in [-0.39, 0.29) is 12.5 Å². The van der Waals surface area contributed by atoms with Crippen LogP contribution in [0.3, 0.4) is 0 Å². The molecule has 3 amide bonds. The lowest BCUT2D eigenvalue weighted by Crippen LogP contribution is -2.65. The van der Waals surface area contributed by atoms with Crippen molar-refractivity contribution in [1.29, 1.82) is 0 Å². The smallest absolute Gasteiger partial charge is 0.258 e. The molecule has 0 unspecified atom stereocenters. The second-order valence-corrected chi connectivity index (χ2v) is 5.50. The Balaban J connectivity index is 2.46. The number of nitrogens with zero attached hydrogens (tertiary/aromatic N) is 3. The Morgan fingerprint density at radius 3 is 2.40 bits per heavy atom. The predicted octanol–water partition coefficient (Wildman–Crippen LogP) is -0.0859. The Hall–Kier alpha value is -2.18. The number of imide groups is 1. The molecule has 1 saturated heterocycles. The van der Waals surface area contributed by atoms with Crippen LogP contribution in [-0.2, 0) is 16.6 Å². The highest BCUT2D eigenvalue weighted by Gasteiger charge is 2.44. The second kappa shape index (κ2) is 4.43. The van der Waals surface area contributed by atoms with Crippen LogP contribution in [0.1, 0.15) is 35.6 Å². The summed E-state index contributed by atoms with van der Waals surface area (Å²) in [5.74, 6) is -1.29. The Labute approximate surface area is 116 Å². The number of amides is 3. The summed E-state index contributed by atoms with van der Waals surface area (Å²) in [5, 5.41) is 6.44. The summed E-state index contributed by atoms with van der Waals surface area (Å²) in [6, 6.07) is 0. The zero-order chi connectivity index (χ0) is 15.2. The first-order valence-electron chi connectivity index (χ1n) is 6.32. The van der Waals surface area contributed by atoms with E-state index >= 15 is 0 Å². The predicted molar refractivity (Wildman–Crippen MR) is 70.9 cm³/mol. The van der Waals surface area contributed by atoms with E-state index in [4.69, 9.17) is 0 Å². The van der Waals surface area contributed by atoms with Crippen LogP contribution in [0.15, 0.2) is 0 Å². The monoisotopic (exact) mass is 278 g/mol. The molecule has 0 atom stereocenters. The van der Waals surface area contributed by atoms with E-state index in [9.17, 15) is 14.4 Å². The molecule has 0 aliphatic carbocycles. The standard InChI is InChI=1S/C13H18N4O3/c1-7-10(8(2)16(5)15-7)11(19)17-6-9(18)14-12(20)13(17,3)4/h6H2,1-5H3,(H,14,18,20). The highest BCUT2D eigenvalue weighted by Crippen LogP contribution is 2.23. The van der Waals surface area contributed by atoms with Crippen LogP contribution < -0.4 is 5.32 Å². The molecule has 1 aliphatic rings. The second-order valence-electron chi connectivity index (χ2n) is 5.50. The molecule has 108 valence electrons. The van der Waals surface area contributed by atoms with Crippen molar-refractivity contribution in [3.05, 3.63) is 17.0 Å². The number of hydrogen-bond acceptors (Lipinski definition) is 4. The average Bonchev–Trinajstić information content (AvgIpc) is 2.58. The zero-order valence-electron chi connectivity index (χ0n) is 12.3. The minimum atomic E-state index is -1.07. The van der Waals surface area contributed by atoms with Gasteiger partial charge in [0.2, 0.25) is 5.91 Å². The van der Waals surface area contributed by atoms with Crippen molar-refractivity contribution in [2.75, 3.05) is 6.54 Å². The van der Waals surface area contributed by atoms with E-state index in [1.54, 1.807) is 39.4 Å². The van der Waals surface area contributed by atoms with Crippen molar-refractivity contribution < 1.29 is 14.4 Å². The zero-order valence-corrected chi connectivity index (χ0v) is 12.3. The molecule has 20 heavy (non-hydrogen) atoms. The van der Waals surface area contributed by atoms with Crippen LogP contribution in [0.4, 0.5) is 0 Å². The number of piperazine rings is 1. The third-order valence-electron chi connectivity index (χ3n) is 3.75. The molecule has 0 bridgehead atoms. The number of carbonyl (C=O) groups is 3. The quantitative estimate of drug-likeness (QED) is 0.728. The number of hydrogen-bond donors (Lipinski definition) is 1. The van der Waals surface area contributed by atoms with Gasteiger partial charge >= 0.3 is 0 Å². The van der Waals surface area contributed by atoms with Crippen LogP contribution in [0.5, 0.6) is 0 Å². The van der Waals surface area contributed by atoms with E-state index in [0.717, 1.165) is 0 Å². The summed E-state index contributed by atoms with van der Waals surface area (Å²) >= 11 is 0. The van der Waals surface area contributed by atoms with Gasteiger partial charge in [-0.25, -0.2) is 0 Å². The molecule has 1 fully saturated rings. The summed E-state index contributed by atoms with van der Waals surface area (Å²) in [5.41, 5.74) is 0.675. The summed E-state index contributed by atoms with van der Waals surface area (Å²) in [6.45, 7) is 6.62. The maximum atomic E-state index is 12.7. The largest absolute Gasteiger partial charge is 0.315 e. The lowest BCUT2D eigenvalue weighted by Gasteiger charge is -2.40. The molecule has 2 heterocycles. The molecular formula is C13H18N4O3. The van der Waals surface area contributed by atoms with Gasteiger partial charge < -0.3 is 4.90 Å². The van der Waals surface area contributed by atoms with Crippen molar-refractivity contribution in [1.82, 2.24) is 20.0 Å². The van der Waals surface area contributed by atoms with Crippen molar-refractivity contribution in [3.63, 3.8) is 0 Å². The molecule has 7 heteroatoms. The van der Waals surface area contributed by atoms with E-state index in [1.165, 1.54) is 4.90 Å². The third kappa shape index (κ3) is 1.99. The van der Waals surface area contributed by atoms with Gasteiger partial charge in [0.15, 0.2) is 0 Å². The highest BCUT2D eigenvalue weighted by atomic mass is 16.2. The van der Waals surface area contributed by atoms with Gasteiger partial charge in [0.05, 0.1) is 11.3 Å². The summed E-state index contributed by atoms with van der Waals surface area (Å²) < 4.78 is 1.61. The Morgan fingerprint density at radius 1 is 1.30 bits per heavy atom. The van der Waals surface area contributed by atoms with E-state index in [2.05, 4.69) is 10.4 Å². The molecule has 2 rings (SSSR count). The molecule has 0 saturated carbocycles. The van der Waals surface area contributed by atoms with Crippen molar-refractivity contribution in [2.24, 2.45) is 7.05 Å². The Kier molecular flexibility index (Phi) is 3.15. The molecule has 1 aromatic rings. The topological polar surface area (TPSA) is 84.3 Å². The van der Waals surface area contributed by atoms with Gasteiger partial charge in [-0.3, -0.25) is 24.4 Å². The normalized spacial score (nSPS) is 18.1. The maximum Gasteiger partial charge on any atom is 0.258 e. The first kappa shape index (κ1) is 14.2. The fourth-order valence-corrected chi connectivity index (χ4v) is 2.33. The van der Waals surface area contributed by atoms with Crippen molar-refractivity contribution in [3.8, 4) is 0 Å². The minimum absolute atomic E-state index is 0.134. The van der Waals surface area contributed by atoms with E-state index in [1.807, 2.05) is 0 Å². The van der Waals surface area contributed by atoms with Gasteiger partial charge in [0, 0.05) is 12.7 Å². The average molecular weight is 278 g/mol. The van der Waals surface area contributed by atoms with Gasteiger partial charge in [-0.05, 0) is 27.7 Å². The van der Waals surface area contributed by atoms with Gasteiger partial charge in [-0.2, -0.15) is 5.10 Å². The fraction of sp³-hybridized carbons (Fsp3) is 0.538. The van der Waals surface area contributed by atoms with Crippen molar-refractivity contribution >= 4 is 17.7 Å². The van der Waals surface area contributed by atoms with Crippen molar-refractivity contribution in [2.45, 2.75) is 33.2 Å². The molecule has 0 aromatic carbocycles. The highest BCUT2D eigenvalue weighted by molar-refractivity contribution is 6.09. The molecule has 7 nitrogen and oxygen atoms in total. The van der Waals surface area contributed by atoms with Gasteiger partial charge in [-0.1, -0.05) is 0 Å². The molecule has 1 aromatic heterocycles. The first-order chi connectivity index (χ1) is 9.16. The summed E-state index contributed by atoms with van der Waals surface area (Å²) in [6.07, 6.45) is 0. The fourth-order valence-electron chi connectivity index (χ4n) is 2.33. The molecule has 0 spiro atoms. The number of carbonyl (C=O) groups excluding carboxylic acids is 3. The van der Waals surface area contributed by atoms with E-state index in [0.29, 0.717) is 17.0 Å². The number of aryl methyl sites for hydroxylation is 2. The summed E-state index contributed by atoms with van der Waals surface area (Å²) in [7, 11) is 1.75. The van der Waals surface area contributed by atoms with Gasteiger partial charge in [0.25, 0.3) is 11.8 Å². The molecule has 0 radical (unpaired) electrons.